The highest BCUT2D eigenvalue weighted by Gasteiger charge is 2.55. The quantitative estimate of drug-likeness (QED) is 0.690. The van der Waals surface area contributed by atoms with Crippen molar-refractivity contribution in [2.24, 2.45) is 16.6 Å². The van der Waals surface area contributed by atoms with Crippen LogP contribution in [0.15, 0.2) is 41.8 Å². The number of carbonyl (C=O) groups is 1. The van der Waals surface area contributed by atoms with Gasteiger partial charge in [-0.25, -0.2) is 19.4 Å². The van der Waals surface area contributed by atoms with E-state index in [9.17, 15) is 22.4 Å². The van der Waals surface area contributed by atoms with Crippen LogP contribution in [-0.2, 0) is 10.3 Å². The van der Waals surface area contributed by atoms with Crippen LogP contribution in [0.2, 0.25) is 0 Å². The van der Waals surface area contributed by atoms with Gasteiger partial charge in [-0.1, -0.05) is 11.8 Å². The maximum Gasteiger partial charge on any atom is 0.414 e. The first-order valence-corrected chi connectivity index (χ1v) is 10.2. The van der Waals surface area contributed by atoms with Gasteiger partial charge in [-0.3, -0.25) is 4.79 Å². The number of thioether (sulfide) groups is 1. The van der Waals surface area contributed by atoms with E-state index >= 15 is 0 Å². The van der Waals surface area contributed by atoms with E-state index in [0.29, 0.717) is 0 Å². The predicted octanol–water partition coefficient (Wildman–Crippen LogP) is 3.09. The molecule has 2 aromatic rings. The Balaban J connectivity index is 1.69. The molecule has 4 rings (SSSR count). The van der Waals surface area contributed by atoms with Crippen LogP contribution >= 0.6 is 11.8 Å². The second-order valence-corrected chi connectivity index (χ2v) is 8.24. The molecular formula is C19H17F4N5O2S. The molecule has 1 aromatic carbocycles. The minimum atomic E-state index is -4.53. The van der Waals surface area contributed by atoms with E-state index in [1.54, 1.807) is 0 Å². The third kappa shape index (κ3) is 4.22. The summed E-state index contributed by atoms with van der Waals surface area (Å²) in [5.41, 5.74) is 4.79. The Morgan fingerprint density at radius 2 is 2.13 bits per heavy atom. The molecule has 1 aromatic heterocycles. The highest BCUT2D eigenvalue weighted by molar-refractivity contribution is 8.13. The number of halogens is 4. The summed E-state index contributed by atoms with van der Waals surface area (Å²) in [4.78, 5) is 24.3. The van der Waals surface area contributed by atoms with Gasteiger partial charge in [0.2, 0.25) is 0 Å². The SMILES string of the molecule is NC1=N[C@@]2(c3cc(NC(=O)c4ccncn4)ccc3F)CO[C@@H](C(F)(F)F)C[C@H]2CS1. The van der Waals surface area contributed by atoms with Crippen LogP contribution in [0.5, 0.6) is 0 Å². The molecule has 0 radical (unpaired) electrons. The van der Waals surface area contributed by atoms with Crippen molar-refractivity contribution in [2.75, 3.05) is 17.7 Å². The van der Waals surface area contributed by atoms with Crippen molar-refractivity contribution in [1.29, 1.82) is 0 Å². The minimum absolute atomic E-state index is 0.0156. The van der Waals surface area contributed by atoms with Gasteiger partial charge in [0.15, 0.2) is 11.3 Å². The Morgan fingerprint density at radius 3 is 2.84 bits per heavy atom. The Labute approximate surface area is 178 Å². The monoisotopic (exact) mass is 455 g/mol. The highest BCUT2D eigenvalue weighted by atomic mass is 32.2. The molecule has 0 saturated carbocycles. The summed E-state index contributed by atoms with van der Waals surface area (Å²) in [5.74, 6) is -1.65. The first-order chi connectivity index (χ1) is 14.7. The molecule has 2 aliphatic heterocycles. The lowest BCUT2D eigenvalue weighted by Crippen LogP contribution is -2.53. The molecule has 0 bridgehead atoms. The third-order valence-electron chi connectivity index (χ3n) is 5.29. The Morgan fingerprint density at radius 1 is 1.32 bits per heavy atom. The standard InChI is InChI=1S/C19H17F4N5O2S/c20-13-2-1-11(27-16(29)14-3-4-25-9-26-14)6-12(13)18-8-30-15(19(21,22)23)5-10(18)7-31-17(24)28-18/h1-4,6,9-10,15H,5,7-8H2,(H2,24,28)(H,27,29)/t10-,15+,18-/m0/s1. The second kappa shape index (κ2) is 8.08. The summed E-state index contributed by atoms with van der Waals surface area (Å²) in [7, 11) is 0. The molecule has 0 spiro atoms. The number of hydrogen-bond donors (Lipinski definition) is 2. The van der Waals surface area contributed by atoms with E-state index < -0.39 is 42.1 Å². The van der Waals surface area contributed by atoms with Crippen LogP contribution in [0.4, 0.5) is 23.2 Å². The number of rotatable bonds is 3. The van der Waals surface area contributed by atoms with Crippen LogP contribution in [0, 0.1) is 11.7 Å². The Hall–Kier alpha value is -2.73. The first kappa shape index (κ1) is 21.5. The molecule has 2 aliphatic rings. The number of nitrogens with two attached hydrogens (primary N) is 1. The fourth-order valence-corrected chi connectivity index (χ4v) is 4.76. The summed E-state index contributed by atoms with van der Waals surface area (Å²) >= 11 is 1.13. The third-order valence-corrected chi connectivity index (χ3v) is 6.25. The van der Waals surface area contributed by atoms with Gasteiger partial charge in [0, 0.05) is 29.1 Å². The van der Waals surface area contributed by atoms with Gasteiger partial charge in [-0.2, -0.15) is 13.2 Å². The molecule has 164 valence electrons. The minimum Gasteiger partial charge on any atom is -0.379 e. The van der Waals surface area contributed by atoms with E-state index in [1.165, 1.54) is 30.7 Å². The van der Waals surface area contributed by atoms with Crippen molar-refractivity contribution in [3.05, 3.63) is 53.9 Å². The molecule has 1 fully saturated rings. The van der Waals surface area contributed by atoms with Crippen LogP contribution in [0.1, 0.15) is 22.5 Å². The molecule has 1 saturated heterocycles. The van der Waals surface area contributed by atoms with Gasteiger partial charge in [-0.05, 0) is 30.7 Å². The number of fused-ring (bicyclic) bond motifs is 1. The maximum atomic E-state index is 14.9. The fourth-order valence-electron chi connectivity index (χ4n) is 3.75. The number of hydrogen-bond acceptors (Lipinski definition) is 7. The largest absolute Gasteiger partial charge is 0.414 e. The number of aromatic nitrogens is 2. The van der Waals surface area contributed by atoms with Crippen LogP contribution in [0.25, 0.3) is 0 Å². The predicted molar refractivity (Wildman–Crippen MR) is 106 cm³/mol. The van der Waals surface area contributed by atoms with Crippen LogP contribution in [-0.4, -0.2) is 45.7 Å². The Bertz CT molecular complexity index is 1020. The summed E-state index contributed by atoms with van der Waals surface area (Å²) in [6, 6.07) is 5.23. The lowest BCUT2D eigenvalue weighted by atomic mass is 9.74. The van der Waals surface area contributed by atoms with Crippen molar-refractivity contribution in [1.82, 2.24) is 9.97 Å². The van der Waals surface area contributed by atoms with E-state index in [2.05, 4.69) is 20.3 Å². The maximum absolute atomic E-state index is 14.9. The molecule has 3 heterocycles. The molecule has 3 atom stereocenters. The number of nitrogens with zero attached hydrogens (tertiary/aromatic N) is 3. The lowest BCUT2D eigenvalue weighted by molar-refractivity contribution is -0.245. The molecule has 31 heavy (non-hydrogen) atoms. The molecule has 0 unspecified atom stereocenters. The first-order valence-electron chi connectivity index (χ1n) is 9.23. The fraction of sp³-hybridized carbons (Fsp3) is 0.368. The van der Waals surface area contributed by atoms with Crippen molar-refractivity contribution in [3.8, 4) is 0 Å². The molecule has 0 aliphatic carbocycles. The topological polar surface area (TPSA) is 102 Å². The van der Waals surface area contributed by atoms with Gasteiger partial charge in [0.05, 0.1) is 6.61 Å². The van der Waals surface area contributed by atoms with Gasteiger partial charge in [-0.15, -0.1) is 0 Å². The number of benzene rings is 1. The van der Waals surface area contributed by atoms with Crippen LogP contribution in [0.3, 0.4) is 0 Å². The van der Waals surface area contributed by atoms with Gasteiger partial charge >= 0.3 is 6.18 Å². The number of alkyl halides is 3. The zero-order chi connectivity index (χ0) is 22.2. The summed E-state index contributed by atoms with van der Waals surface area (Å²) in [6.07, 6.45) is -4.25. The van der Waals surface area contributed by atoms with Crippen LogP contribution < -0.4 is 11.1 Å². The van der Waals surface area contributed by atoms with Gasteiger partial charge in [0.1, 0.15) is 23.4 Å². The number of anilines is 1. The van der Waals surface area contributed by atoms with E-state index in [-0.39, 0.29) is 34.3 Å². The normalized spacial score (nSPS) is 26.0. The zero-order valence-electron chi connectivity index (χ0n) is 15.9. The number of nitrogens with one attached hydrogen (secondary N) is 1. The summed E-state index contributed by atoms with van der Waals surface area (Å²) in [6.45, 7) is -0.483. The van der Waals surface area contributed by atoms with Crippen molar-refractivity contribution >= 4 is 28.5 Å². The number of ether oxygens (including phenoxy) is 1. The smallest absolute Gasteiger partial charge is 0.379 e. The molecule has 12 heteroatoms. The zero-order valence-corrected chi connectivity index (χ0v) is 16.7. The number of aliphatic imine (C=N–C) groups is 1. The lowest BCUT2D eigenvalue weighted by Gasteiger charge is -2.46. The summed E-state index contributed by atoms with van der Waals surface area (Å²) < 4.78 is 59.7. The Kier molecular flexibility index (Phi) is 5.60. The van der Waals surface area contributed by atoms with Crippen molar-refractivity contribution in [3.63, 3.8) is 0 Å². The van der Waals surface area contributed by atoms with E-state index in [1.807, 2.05) is 0 Å². The number of carbonyl (C=O) groups excluding carboxylic acids is 1. The second-order valence-electron chi connectivity index (χ2n) is 7.20. The van der Waals surface area contributed by atoms with E-state index in [0.717, 1.165) is 17.8 Å². The molecule has 7 nitrogen and oxygen atoms in total. The van der Waals surface area contributed by atoms with Crippen molar-refractivity contribution in [2.45, 2.75) is 24.2 Å². The highest BCUT2D eigenvalue weighted by Crippen LogP contribution is 2.49. The number of amides is 1. The van der Waals surface area contributed by atoms with E-state index in [4.69, 9.17) is 10.5 Å². The van der Waals surface area contributed by atoms with Crippen molar-refractivity contribution < 1.29 is 27.1 Å². The molecular weight excluding hydrogens is 438 g/mol. The molecule has 1 amide bonds. The molecule has 3 N–H and O–H groups in total. The summed E-state index contributed by atoms with van der Waals surface area (Å²) in [5, 5.41) is 2.74. The number of amidine groups is 1. The van der Waals surface area contributed by atoms with Gasteiger partial charge < -0.3 is 15.8 Å². The average molecular weight is 455 g/mol. The van der Waals surface area contributed by atoms with Gasteiger partial charge in [0.25, 0.3) is 5.91 Å². The average Bonchev–Trinajstić information content (AvgIpc) is 2.74.